The minimum Gasteiger partial charge on any atom is -0.493 e. The first-order chi connectivity index (χ1) is 11.8. The van der Waals surface area contributed by atoms with Crippen LogP contribution in [0.5, 0.6) is 11.5 Å². The van der Waals surface area contributed by atoms with E-state index in [2.05, 4.69) is 30.4 Å². The molecule has 1 N–H and O–H groups in total. The molecule has 0 aromatic heterocycles. The second-order valence-electron chi connectivity index (χ2n) is 5.96. The lowest BCUT2D eigenvalue weighted by atomic mass is 10.1. The van der Waals surface area contributed by atoms with Crippen molar-refractivity contribution in [2.75, 3.05) is 13.7 Å². The van der Waals surface area contributed by atoms with Gasteiger partial charge in [0.25, 0.3) is 0 Å². The molecule has 0 aliphatic heterocycles. The van der Waals surface area contributed by atoms with Crippen LogP contribution in [0.1, 0.15) is 43.7 Å². The monoisotopic (exact) mass is 363 g/mol. The van der Waals surface area contributed by atoms with Gasteiger partial charge in [-0.15, -0.1) is 12.4 Å². The molecule has 2 aromatic rings. The number of halogens is 1. The van der Waals surface area contributed by atoms with Crippen LogP contribution in [-0.2, 0) is 13.2 Å². The number of nitrogens with one attached hydrogen (secondary N) is 1. The lowest BCUT2D eigenvalue weighted by Gasteiger charge is -2.15. The fourth-order valence-electron chi connectivity index (χ4n) is 2.65. The first kappa shape index (κ1) is 21.3. The molecule has 3 nitrogen and oxygen atoms in total. The summed E-state index contributed by atoms with van der Waals surface area (Å²) in [4.78, 5) is 0. The van der Waals surface area contributed by atoms with E-state index in [-0.39, 0.29) is 12.4 Å². The summed E-state index contributed by atoms with van der Waals surface area (Å²) < 4.78 is 11.6. The fraction of sp³-hybridized carbons (Fsp3) is 0.429. The Hall–Kier alpha value is -1.71. The average Bonchev–Trinajstić information content (AvgIpc) is 2.64. The number of methoxy groups -OCH3 is 1. The van der Waals surface area contributed by atoms with Gasteiger partial charge in [0.2, 0.25) is 0 Å². The number of para-hydroxylation sites is 1. The van der Waals surface area contributed by atoms with Crippen LogP contribution in [0.4, 0.5) is 0 Å². The van der Waals surface area contributed by atoms with Gasteiger partial charge in [-0.3, -0.25) is 0 Å². The van der Waals surface area contributed by atoms with Crippen molar-refractivity contribution >= 4 is 12.4 Å². The average molecular weight is 364 g/mol. The van der Waals surface area contributed by atoms with E-state index < -0.39 is 0 Å². The summed E-state index contributed by atoms with van der Waals surface area (Å²) in [7, 11) is 1.69. The maximum atomic E-state index is 6.08. The molecule has 0 bridgehead atoms. The topological polar surface area (TPSA) is 30.5 Å². The van der Waals surface area contributed by atoms with Crippen molar-refractivity contribution < 1.29 is 9.47 Å². The van der Waals surface area contributed by atoms with Gasteiger partial charge in [0.15, 0.2) is 11.5 Å². The van der Waals surface area contributed by atoms with Crippen molar-refractivity contribution in [1.29, 1.82) is 0 Å². The zero-order valence-corrected chi connectivity index (χ0v) is 16.1. The molecule has 2 aromatic carbocycles. The quantitative estimate of drug-likeness (QED) is 0.545. The highest BCUT2D eigenvalue weighted by molar-refractivity contribution is 5.85. The Morgan fingerprint density at radius 2 is 1.72 bits per heavy atom. The first-order valence-corrected chi connectivity index (χ1v) is 8.88. The van der Waals surface area contributed by atoms with Gasteiger partial charge in [0.05, 0.1) is 7.11 Å². The molecule has 0 atom stereocenters. The third-order valence-electron chi connectivity index (χ3n) is 4.03. The minimum absolute atomic E-state index is 0. The minimum atomic E-state index is 0. The molecule has 0 saturated carbocycles. The molecule has 2 rings (SSSR count). The van der Waals surface area contributed by atoms with E-state index in [1.807, 2.05) is 30.3 Å². The van der Waals surface area contributed by atoms with Crippen molar-refractivity contribution in [3.63, 3.8) is 0 Å². The largest absolute Gasteiger partial charge is 0.493 e. The summed E-state index contributed by atoms with van der Waals surface area (Å²) >= 11 is 0. The molecule has 25 heavy (non-hydrogen) atoms. The van der Waals surface area contributed by atoms with Gasteiger partial charge < -0.3 is 14.8 Å². The van der Waals surface area contributed by atoms with E-state index in [1.165, 1.54) is 25.7 Å². The Balaban J connectivity index is 0.00000312. The van der Waals surface area contributed by atoms with E-state index in [1.54, 1.807) is 7.11 Å². The molecule has 0 fully saturated rings. The zero-order valence-electron chi connectivity index (χ0n) is 15.3. The summed E-state index contributed by atoms with van der Waals surface area (Å²) in [6.45, 7) is 4.62. The van der Waals surface area contributed by atoms with Crippen LogP contribution < -0.4 is 14.8 Å². The summed E-state index contributed by atoms with van der Waals surface area (Å²) in [5.74, 6) is 1.63. The second kappa shape index (κ2) is 12.6. The predicted octanol–water partition coefficient (Wildman–Crippen LogP) is 5.37. The van der Waals surface area contributed by atoms with Crippen molar-refractivity contribution in [2.24, 2.45) is 0 Å². The van der Waals surface area contributed by atoms with Gasteiger partial charge >= 0.3 is 0 Å². The lowest BCUT2D eigenvalue weighted by Crippen LogP contribution is -2.15. The normalized spacial score (nSPS) is 10.2. The van der Waals surface area contributed by atoms with E-state index in [0.29, 0.717) is 6.61 Å². The molecule has 0 heterocycles. The predicted molar refractivity (Wildman–Crippen MR) is 107 cm³/mol. The van der Waals surface area contributed by atoms with E-state index in [4.69, 9.17) is 9.47 Å². The van der Waals surface area contributed by atoms with Crippen molar-refractivity contribution in [2.45, 2.75) is 45.8 Å². The number of ether oxygens (including phenoxy) is 2. The summed E-state index contributed by atoms with van der Waals surface area (Å²) in [5, 5.41) is 3.51. The molecule has 138 valence electrons. The van der Waals surface area contributed by atoms with Gasteiger partial charge in [-0.2, -0.15) is 0 Å². The van der Waals surface area contributed by atoms with Gasteiger partial charge in [-0.25, -0.2) is 0 Å². The molecule has 0 radical (unpaired) electrons. The van der Waals surface area contributed by atoms with Gasteiger partial charge in [0, 0.05) is 12.1 Å². The molecule has 4 heteroatoms. The Labute approximate surface area is 158 Å². The molecule has 0 spiro atoms. The molecule has 0 aliphatic rings. The Morgan fingerprint density at radius 1 is 0.920 bits per heavy atom. The van der Waals surface area contributed by atoms with E-state index in [0.717, 1.165) is 35.7 Å². The van der Waals surface area contributed by atoms with Gasteiger partial charge in [-0.05, 0) is 24.6 Å². The molecule has 0 unspecified atom stereocenters. The summed E-state index contributed by atoms with van der Waals surface area (Å²) in [6.07, 6.45) is 5.09. The third kappa shape index (κ3) is 7.37. The fourth-order valence-corrected chi connectivity index (χ4v) is 2.65. The van der Waals surface area contributed by atoms with Crippen LogP contribution >= 0.6 is 12.4 Å². The smallest absolute Gasteiger partial charge is 0.166 e. The van der Waals surface area contributed by atoms with Crippen LogP contribution in [0, 0.1) is 0 Å². The second-order valence-corrected chi connectivity index (χ2v) is 5.96. The Morgan fingerprint density at radius 3 is 2.44 bits per heavy atom. The number of rotatable bonds is 11. The van der Waals surface area contributed by atoms with Crippen LogP contribution in [0.2, 0.25) is 0 Å². The van der Waals surface area contributed by atoms with E-state index in [9.17, 15) is 0 Å². The summed E-state index contributed by atoms with van der Waals surface area (Å²) in [6, 6.07) is 16.3. The number of hydrogen-bond acceptors (Lipinski definition) is 3. The lowest BCUT2D eigenvalue weighted by molar-refractivity contribution is 0.280. The number of unbranched alkanes of at least 4 members (excludes halogenated alkanes) is 3. The maximum absolute atomic E-state index is 6.08. The molecule has 0 saturated heterocycles. The van der Waals surface area contributed by atoms with Gasteiger partial charge in [0.1, 0.15) is 6.61 Å². The molecular weight excluding hydrogens is 334 g/mol. The van der Waals surface area contributed by atoms with Crippen molar-refractivity contribution in [3.8, 4) is 11.5 Å². The van der Waals surface area contributed by atoms with Crippen LogP contribution in [-0.4, -0.2) is 13.7 Å². The number of benzene rings is 2. The highest BCUT2D eigenvalue weighted by Gasteiger charge is 2.10. The summed E-state index contributed by atoms with van der Waals surface area (Å²) in [5.41, 5.74) is 2.29. The maximum Gasteiger partial charge on any atom is 0.166 e. The zero-order chi connectivity index (χ0) is 17.0. The molecule has 0 amide bonds. The van der Waals surface area contributed by atoms with Crippen LogP contribution in [0.15, 0.2) is 48.5 Å². The van der Waals surface area contributed by atoms with Crippen LogP contribution in [0.25, 0.3) is 0 Å². The molecular formula is C21H30ClNO2. The Kier molecular flexibility index (Phi) is 10.8. The number of hydrogen-bond donors (Lipinski definition) is 1. The third-order valence-corrected chi connectivity index (χ3v) is 4.03. The SMILES string of the molecule is CCCCCCNCc1cccc(OC)c1OCc1ccccc1.Cl. The molecule has 0 aliphatic carbocycles. The van der Waals surface area contributed by atoms with E-state index >= 15 is 0 Å². The highest BCUT2D eigenvalue weighted by atomic mass is 35.5. The van der Waals surface area contributed by atoms with Gasteiger partial charge in [-0.1, -0.05) is 68.7 Å². The first-order valence-electron chi connectivity index (χ1n) is 8.88. The highest BCUT2D eigenvalue weighted by Crippen LogP contribution is 2.31. The standard InChI is InChI=1S/C21H29NO2.ClH/c1-3-4-5-9-15-22-16-19-13-10-14-20(23-2)21(19)24-17-18-11-7-6-8-12-18;/h6-8,10-14,22H,3-5,9,15-17H2,1-2H3;1H. The van der Waals surface area contributed by atoms with Crippen LogP contribution in [0.3, 0.4) is 0 Å². The Bertz CT molecular complexity index is 590. The van der Waals surface area contributed by atoms with Crippen molar-refractivity contribution in [3.05, 3.63) is 59.7 Å². The van der Waals surface area contributed by atoms with Crippen molar-refractivity contribution in [1.82, 2.24) is 5.32 Å².